The number of aromatic nitrogens is 1. The lowest BCUT2D eigenvalue weighted by Crippen LogP contribution is -2.45. The van der Waals surface area contributed by atoms with Gasteiger partial charge in [-0.25, -0.2) is 8.78 Å². The summed E-state index contributed by atoms with van der Waals surface area (Å²) in [4.78, 5) is 16.2. The Bertz CT molecular complexity index is 1230. The topological polar surface area (TPSA) is 93.8 Å². The van der Waals surface area contributed by atoms with Gasteiger partial charge < -0.3 is 24.3 Å². The van der Waals surface area contributed by atoms with Crippen molar-refractivity contribution in [2.75, 3.05) is 20.3 Å². The molecule has 1 fully saturated rings. The smallest absolute Gasteiger partial charge is 0.243 e. The lowest BCUT2D eigenvalue weighted by atomic mass is 9.91. The van der Waals surface area contributed by atoms with Crippen LogP contribution in [-0.2, 0) is 16.0 Å². The number of carbonyl (C=O) groups excluding carboxylic acids is 1. The van der Waals surface area contributed by atoms with Crippen LogP contribution in [0.4, 0.5) is 8.78 Å². The Morgan fingerprint density at radius 3 is 2.91 bits per heavy atom. The van der Waals surface area contributed by atoms with Gasteiger partial charge in [-0.3, -0.25) is 9.78 Å². The van der Waals surface area contributed by atoms with Crippen LogP contribution in [0.15, 0.2) is 41.5 Å². The van der Waals surface area contributed by atoms with Crippen LogP contribution in [0, 0.1) is 24.5 Å². The Labute approximate surface area is 195 Å². The molecule has 0 spiro atoms. The number of ether oxygens (including phenoxy) is 2. The molecule has 0 radical (unpaired) electrons. The van der Waals surface area contributed by atoms with Crippen LogP contribution >= 0.6 is 0 Å². The highest BCUT2D eigenvalue weighted by molar-refractivity contribution is 5.87. The fourth-order valence-corrected chi connectivity index (χ4v) is 4.25. The van der Waals surface area contributed by atoms with E-state index < -0.39 is 23.3 Å². The van der Waals surface area contributed by atoms with Gasteiger partial charge in [0.1, 0.15) is 17.7 Å². The minimum absolute atomic E-state index is 0.0162. The van der Waals surface area contributed by atoms with Crippen molar-refractivity contribution in [1.82, 2.24) is 10.3 Å². The van der Waals surface area contributed by atoms with Crippen LogP contribution in [0.3, 0.4) is 0 Å². The van der Waals surface area contributed by atoms with Gasteiger partial charge in [0.05, 0.1) is 25.5 Å². The van der Waals surface area contributed by atoms with Crippen molar-refractivity contribution < 1.29 is 32.6 Å². The number of fused-ring (bicyclic) bond motifs is 1. The SMILES string of the molecule is C=CC(=O)N[C@H]1CCOC[C@H]1Cc1cc2cc(C(O)c3c(F)c(C)cc(OC)c3F)oc2cn1. The van der Waals surface area contributed by atoms with Gasteiger partial charge in [-0.15, -0.1) is 0 Å². The predicted octanol–water partition coefficient (Wildman–Crippen LogP) is 3.75. The van der Waals surface area contributed by atoms with Gasteiger partial charge in [0.2, 0.25) is 5.91 Å². The third-order valence-corrected chi connectivity index (χ3v) is 6.08. The van der Waals surface area contributed by atoms with E-state index in [1.807, 2.05) is 0 Å². The molecule has 0 aliphatic carbocycles. The molecule has 3 aromatic rings. The molecule has 1 aliphatic heterocycles. The van der Waals surface area contributed by atoms with E-state index in [9.17, 15) is 18.7 Å². The number of rotatable bonds is 7. The molecule has 1 aliphatic rings. The Morgan fingerprint density at radius 2 is 2.18 bits per heavy atom. The Kier molecular flexibility index (Phi) is 6.95. The van der Waals surface area contributed by atoms with E-state index in [0.29, 0.717) is 37.0 Å². The number of aliphatic hydroxyl groups is 1. The maximum atomic E-state index is 14.8. The Hall–Kier alpha value is -3.30. The normalized spacial score (nSPS) is 19.1. The molecule has 180 valence electrons. The van der Waals surface area contributed by atoms with Crippen molar-refractivity contribution in [3.63, 3.8) is 0 Å². The second-order valence-corrected chi connectivity index (χ2v) is 8.35. The van der Waals surface area contributed by atoms with Crippen LogP contribution in [-0.4, -0.2) is 42.4 Å². The molecule has 3 atom stereocenters. The maximum absolute atomic E-state index is 14.8. The second-order valence-electron chi connectivity index (χ2n) is 8.35. The van der Waals surface area contributed by atoms with Crippen LogP contribution in [0.2, 0.25) is 0 Å². The van der Waals surface area contributed by atoms with Crippen LogP contribution in [0.5, 0.6) is 5.75 Å². The molecular formula is C25H26F2N2O5. The number of methoxy groups -OCH3 is 1. The lowest BCUT2D eigenvalue weighted by molar-refractivity contribution is -0.118. The van der Waals surface area contributed by atoms with E-state index in [4.69, 9.17) is 13.9 Å². The van der Waals surface area contributed by atoms with Crippen molar-refractivity contribution in [2.45, 2.75) is 31.9 Å². The van der Waals surface area contributed by atoms with Crippen molar-refractivity contribution in [1.29, 1.82) is 0 Å². The third-order valence-electron chi connectivity index (χ3n) is 6.08. The van der Waals surface area contributed by atoms with Gasteiger partial charge in [0, 0.05) is 29.6 Å². The standard InChI is InChI=1S/C25H26F2N2O5/c1-4-21(30)29-17-5-6-33-12-15(17)9-16-8-14-10-19(34-20(14)11-28-16)25(31)22-23(26)13(2)7-18(32-3)24(22)27/h4,7-8,10-11,15,17,25,31H,1,5-6,9,12H2,2-3H3,(H,29,30)/t15-,17+,25?/m1/s1. The molecule has 1 aromatic carbocycles. The van der Waals surface area contributed by atoms with Crippen molar-refractivity contribution >= 4 is 16.9 Å². The summed E-state index contributed by atoms with van der Waals surface area (Å²) in [6.07, 6.45) is 2.30. The van der Waals surface area contributed by atoms with Gasteiger partial charge in [0.15, 0.2) is 17.1 Å². The molecule has 1 unspecified atom stereocenters. The number of pyridine rings is 1. The molecule has 1 amide bonds. The summed E-state index contributed by atoms with van der Waals surface area (Å²) in [5, 5.41) is 14.3. The van der Waals surface area contributed by atoms with E-state index in [1.54, 1.807) is 6.07 Å². The molecule has 34 heavy (non-hydrogen) atoms. The zero-order valence-electron chi connectivity index (χ0n) is 18.9. The first-order valence-electron chi connectivity index (χ1n) is 10.9. The molecule has 2 N–H and O–H groups in total. The van der Waals surface area contributed by atoms with E-state index in [1.165, 1.54) is 38.4 Å². The number of furan rings is 1. The molecule has 2 aromatic heterocycles. The highest BCUT2D eigenvalue weighted by atomic mass is 19.1. The highest BCUT2D eigenvalue weighted by Crippen LogP contribution is 2.35. The number of amides is 1. The number of aliphatic hydroxyl groups excluding tert-OH is 1. The monoisotopic (exact) mass is 472 g/mol. The van der Waals surface area contributed by atoms with E-state index >= 15 is 0 Å². The largest absolute Gasteiger partial charge is 0.494 e. The summed E-state index contributed by atoms with van der Waals surface area (Å²) < 4.78 is 45.7. The van der Waals surface area contributed by atoms with Gasteiger partial charge in [0.25, 0.3) is 0 Å². The van der Waals surface area contributed by atoms with Crippen molar-refractivity contribution in [3.05, 3.63) is 71.3 Å². The minimum Gasteiger partial charge on any atom is -0.494 e. The van der Waals surface area contributed by atoms with Gasteiger partial charge in [-0.1, -0.05) is 6.58 Å². The van der Waals surface area contributed by atoms with Crippen molar-refractivity contribution in [2.24, 2.45) is 5.92 Å². The summed E-state index contributed by atoms with van der Waals surface area (Å²) in [6.45, 7) is 5.99. The minimum atomic E-state index is -1.67. The number of hydrogen-bond donors (Lipinski definition) is 2. The predicted molar refractivity (Wildman–Crippen MR) is 120 cm³/mol. The summed E-state index contributed by atoms with van der Waals surface area (Å²) in [7, 11) is 1.27. The molecule has 7 nitrogen and oxygen atoms in total. The third kappa shape index (κ3) is 4.67. The number of halogens is 2. The van der Waals surface area contributed by atoms with E-state index in [-0.39, 0.29) is 34.9 Å². The highest BCUT2D eigenvalue weighted by Gasteiger charge is 2.29. The quantitative estimate of drug-likeness (QED) is 0.509. The summed E-state index contributed by atoms with van der Waals surface area (Å²) >= 11 is 0. The number of benzene rings is 1. The van der Waals surface area contributed by atoms with E-state index in [0.717, 1.165) is 5.69 Å². The molecule has 4 rings (SSSR count). The number of aryl methyl sites for hydroxylation is 1. The first-order chi connectivity index (χ1) is 16.3. The average Bonchev–Trinajstić information content (AvgIpc) is 3.26. The first kappa shape index (κ1) is 23.8. The number of nitrogens with one attached hydrogen (secondary N) is 1. The molecule has 3 heterocycles. The van der Waals surface area contributed by atoms with Gasteiger partial charge in [-0.05, 0) is 49.6 Å². The fraction of sp³-hybridized carbons (Fsp3) is 0.360. The molecule has 1 saturated heterocycles. The molecule has 0 saturated carbocycles. The van der Waals surface area contributed by atoms with Gasteiger partial charge >= 0.3 is 0 Å². The fourth-order valence-electron chi connectivity index (χ4n) is 4.25. The van der Waals surface area contributed by atoms with Crippen LogP contribution in [0.1, 0.15) is 35.1 Å². The van der Waals surface area contributed by atoms with E-state index in [2.05, 4.69) is 16.9 Å². The number of carbonyl (C=O) groups is 1. The van der Waals surface area contributed by atoms with Gasteiger partial charge in [-0.2, -0.15) is 0 Å². The first-order valence-corrected chi connectivity index (χ1v) is 10.9. The second kappa shape index (κ2) is 9.90. The Balaban J connectivity index is 1.60. The summed E-state index contributed by atoms with van der Waals surface area (Å²) in [5.41, 5.74) is 0.705. The number of hydrogen-bond acceptors (Lipinski definition) is 6. The maximum Gasteiger partial charge on any atom is 0.243 e. The van der Waals surface area contributed by atoms with Crippen LogP contribution < -0.4 is 10.1 Å². The Morgan fingerprint density at radius 1 is 1.38 bits per heavy atom. The molecular weight excluding hydrogens is 446 g/mol. The average molecular weight is 472 g/mol. The zero-order valence-corrected chi connectivity index (χ0v) is 18.9. The summed E-state index contributed by atoms with van der Waals surface area (Å²) in [5.74, 6) is -2.25. The lowest BCUT2D eigenvalue weighted by Gasteiger charge is -2.31. The number of nitrogens with zero attached hydrogens (tertiary/aromatic N) is 1. The summed E-state index contributed by atoms with van der Waals surface area (Å²) in [6, 6.07) is 4.49. The van der Waals surface area contributed by atoms with Crippen molar-refractivity contribution in [3.8, 4) is 5.75 Å². The molecule has 9 heteroatoms. The zero-order chi connectivity index (χ0) is 24.4. The van der Waals surface area contributed by atoms with Crippen LogP contribution in [0.25, 0.3) is 11.0 Å². The molecule has 0 bridgehead atoms.